The Hall–Kier alpha value is -1.36. The Morgan fingerprint density at radius 3 is 2.71 bits per heavy atom. The second-order valence-corrected chi connectivity index (χ2v) is 6.88. The van der Waals surface area contributed by atoms with Crippen LogP contribution in [0, 0.1) is 5.41 Å². The number of rotatable bonds is 3. The van der Waals surface area contributed by atoms with Gasteiger partial charge in [-0.15, -0.1) is 0 Å². The van der Waals surface area contributed by atoms with E-state index >= 15 is 0 Å². The normalized spacial score (nSPS) is 21.6. The van der Waals surface area contributed by atoms with Crippen LogP contribution in [0.3, 0.4) is 0 Å². The molecule has 0 saturated carbocycles. The van der Waals surface area contributed by atoms with Crippen LogP contribution in [0.2, 0.25) is 0 Å². The van der Waals surface area contributed by atoms with Crippen molar-refractivity contribution in [2.45, 2.75) is 45.6 Å². The Morgan fingerprint density at radius 2 is 2.14 bits per heavy atom. The molecule has 0 unspecified atom stereocenters. The summed E-state index contributed by atoms with van der Waals surface area (Å²) in [4.78, 5) is 16.2. The number of nitrogens with zero attached hydrogens (tertiary/aromatic N) is 1. The first-order valence-electron chi connectivity index (χ1n) is 7.78. The zero-order valence-corrected chi connectivity index (χ0v) is 13.4. The lowest BCUT2D eigenvalue weighted by molar-refractivity contribution is 0.0498. The van der Waals surface area contributed by atoms with Gasteiger partial charge >= 0.3 is 6.09 Å². The summed E-state index contributed by atoms with van der Waals surface area (Å²) >= 11 is 0. The van der Waals surface area contributed by atoms with Gasteiger partial charge < -0.3 is 15.4 Å². The summed E-state index contributed by atoms with van der Waals surface area (Å²) in [5.41, 5.74) is 1.01. The third-order valence-electron chi connectivity index (χ3n) is 4.10. The first kappa shape index (κ1) is 16.0. The van der Waals surface area contributed by atoms with Crippen LogP contribution in [-0.4, -0.2) is 44.1 Å². The molecule has 2 rings (SSSR count). The summed E-state index contributed by atoms with van der Waals surface area (Å²) in [6, 6.07) is 0. The van der Waals surface area contributed by atoms with Crippen molar-refractivity contribution in [3.05, 3.63) is 11.6 Å². The van der Waals surface area contributed by atoms with Crippen molar-refractivity contribution in [3.63, 3.8) is 0 Å². The molecule has 2 aliphatic heterocycles. The van der Waals surface area contributed by atoms with Crippen LogP contribution in [0.1, 0.15) is 40.0 Å². The highest BCUT2D eigenvalue weighted by atomic mass is 16.6. The Kier molecular flexibility index (Phi) is 5.04. The van der Waals surface area contributed by atoms with Gasteiger partial charge in [-0.25, -0.2) is 4.79 Å². The fourth-order valence-electron chi connectivity index (χ4n) is 3.00. The van der Waals surface area contributed by atoms with Gasteiger partial charge in [0.2, 0.25) is 0 Å². The number of hydrogen-bond acceptors (Lipinski definition) is 4. The molecule has 2 aliphatic rings. The Bertz CT molecular complexity index is 429. The largest absolute Gasteiger partial charge is 0.444 e. The van der Waals surface area contributed by atoms with Gasteiger partial charge in [0, 0.05) is 24.7 Å². The van der Waals surface area contributed by atoms with Crippen LogP contribution in [0.15, 0.2) is 16.6 Å². The third-order valence-corrected chi connectivity index (χ3v) is 4.10. The highest BCUT2D eigenvalue weighted by Crippen LogP contribution is 2.38. The van der Waals surface area contributed by atoms with Gasteiger partial charge in [0.15, 0.2) is 0 Å². The van der Waals surface area contributed by atoms with Crippen LogP contribution in [0.4, 0.5) is 4.79 Å². The minimum atomic E-state index is -0.456. The highest BCUT2D eigenvalue weighted by Gasteiger charge is 2.36. The number of ether oxygens (including phenoxy) is 1. The predicted molar refractivity (Wildman–Crippen MR) is 84.8 cm³/mol. The summed E-state index contributed by atoms with van der Waals surface area (Å²) in [5.74, 6) is 0. The SMILES string of the molecule is CC(C)(C)OC(=O)NCC1(C2=CC=NCC2)CCNCC1. The minimum absolute atomic E-state index is 0.0502. The number of aliphatic imine (C=N–C) groups is 1. The molecule has 0 bridgehead atoms. The number of dihydropyridines is 1. The maximum absolute atomic E-state index is 11.9. The number of alkyl carbamates (subject to hydrolysis) is 1. The molecule has 21 heavy (non-hydrogen) atoms. The summed E-state index contributed by atoms with van der Waals surface area (Å²) in [7, 11) is 0. The number of amides is 1. The van der Waals surface area contributed by atoms with Crippen molar-refractivity contribution in [2.75, 3.05) is 26.2 Å². The van der Waals surface area contributed by atoms with E-state index in [9.17, 15) is 4.79 Å². The number of nitrogens with one attached hydrogen (secondary N) is 2. The molecular formula is C16H27N3O2. The molecule has 2 N–H and O–H groups in total. The number of hydrogen-bond donors (Lipinski definition) is 2. The van der Waals surface area contributed by atoms with E-state index in [2.05, 4.69) is 21.7 Å². The van der Waals surface area contributed by atoms with Gasteiger partial charge in [0.25, 0.3) is 0 Å². The monoisotopic (exact) mass is 293 g/mol. The average Bonchev–Trinajstić information content (AvgIpc) is 2.45. The van der Waals surface area contributed by atoms with Gasteiger partial charge in [-0.1, -0.05) is 5.57 Å². The van der Waals surface area contributed by atoms with Gasteiger partial charge in [0.1, 0.15) is 5.60 Å². The van der Waals surface area contributed by atoms with Gasteiger partial charge in [-0.2, -0.15) is 0 Å². The molecule has 5 nitrogen and oxygen atoms in total. The topological polar surface area (TPSA) is 62.7 Å². The molecule has 0 radical (unpaired) electrons. The van der Waals surface area contributed by atoms with E-state index in [1.54, 1.807) is 0 Å². The molecule has 1 fully saturated rings. The van der Waals surface area contributed by atoms with E-state index in [1.807, 2.05) is 27.0 Å². The lowest BCUT2D eigenvalue weighted by Crippen LogP contribution is -2.47. The van der Waals surface area contributed by atoms with Crippen molar-refractivity contribution in [1.82, 2.24) is 10.6 Å². The zero-order valence-electron chi connectivity index (χ0n) is 13.4. The molecule has 0 aromatic heterocycles. The van der Waals surface area contributed by atoms with Gasteiger partial charge in [-0.3, -0.25) is 4.99 Å². The number of allylic oxidation sites excluding steroid dienone is 1. The zero-order chi connectivity index (χ0) is 15.3. The smallest absolute Gasteiger partial charge is 0.407 e. The molecule has 0 aromatic rings. The molecule has 118 valence electrons. The first-order valence-corrected chi connectivity index (χ1v) is 7.78. The van der Waals surface area contributed by atoms with Crippen LogP contribution in [0.25, 0.3) is 0 Å². The molecule has 0 aromatic carbocycles. The van der Waals surface area contributed by atoms with Crippen LogP contribution in [0.5, 0.6) is 0 Å². The van der Waals surface area contributed by atoms with E-state index in [1.165, 1.54) is 5.57 Å². The molecular weight excluding hydrogens is 266 g/mol. The Labute approximate surface area is 127 Å². The van der Waals surface area contributed by atoms with E-state index in [4.69, 9.17) is 4.74 Å². The Morgan fingerprint density at radius 1 is 1.43 bits per heavy atom. The third kappa shape index (κ3) is 4.56. The van der Waals surface area contributed by atoms with Gasteiger partial charge in [-0.05, 0) is 59.2 Å². The van der Waals surface area contributed by atoms with Crippen molar-refractivity contribution in [3.8, 4) is 0 Å². The Balaban J connectivity index is 2.02. The van der Waals surface area contributed by atoms with Gasteiger partial charge in [0.05, 0.1) is 0 Å². The fraction of sp³-hybridized carbons (Fsp3) is 0.750. The quantitative estimate of drug-likeness (QED) is 0.839. The number of piperidine rings is 1. The molecule has 2 heterocycles. The van der Waals surface area contributed by atoms with Crippen LogP contribution >= 0.6 is 0 Å². The van der Waals surface area contributed by atoms with Crippen molar-refractivity contribution in [1.29, 1.82) is 0 Å². The van der Waals surface area contributed by atoms with E-state index in [0.717, 1.165) is 38.9 Å². The molecule has 0 aliphatic carbocycles. The predicted octanol–water partition coefficient (Wildman–Crippen LogP) is 2.28. The maximum Gasteiger partial charge on any atom is 0.407 e. The fourth-order valence-corrected chi connectivity index (χ4v) is 3.00. The molecule has 0 atom stereocenters. The minimum Gasteiger partial charge on any atom is -0.444 e. The summed E-state index contributed by atoms with van der Waals surface area (Å²) in [6.45, 7) is 9.12. The van der Waals surface area contributed by atoms with Crippen LogP contribution in [-0.2, 0) is 4.74 Å². The standard InChI is InChI=1S/C16H27N3O2/c1-15(2,3)21-14(20)19-12-16(6-10-18-11-7-16)13-4-8-17-9-5-13/h4,8,18H,5-7,9-12H2,1-3H3,(H,19,20). The van der Waals surface area contributed by atoms with E-state index in [0.29, 0.717) is 6.54 Å². The molecule has 5 heteroatoms. The highest BCUT2D eigenvalue weighted by molar-refractivity contribution is 5.74. The first-order chi connectivity index (χ1) is 9.91. The second kappa shape index (κ2) is 6.60. The number of carbonyl (C=O) groups is 1. The van der Waals surface area contributed by atoms with Crippen molar-refractivity contribution >= 4 is 12.3 Å². The van der Waals surface area contributed by atoms with Crippen molar-refractivity contribution < 1.29 is 9.53 Å². The molecule has 1 amide bonds. The molecule has 1 saturated heterocycles. The maximum atomic E-state index is 11.9. The second-order valence-electron chi connectivity index (χ2n) is 6.88. The van der Waals surface area contributed by atoms with E-state index in [-0.39, 0.29) is 11.5 Å². The lowest BCUT2D eigenvalue weighted by atomic mass is 9.71. The van der Waals surface area contributed by atoms with Crippen molar-refractivity contribution in [2.24, 2.45) is 10.4 Å². The summed E-state index contributed by atoms with van der Waals surface area (Å²) in [6.07, 6.45) is 6.78. The average molecular weight is 293 g/mol. The summed E-state index contributed by atoms with van der Waals surface area (Å²) < 4.78 is 5.35. The number of carbonyl (C=O) groups excluding carboxylic acids is 1. The molecule has 0 spiro atoms. The summed E-state index contributed by atoms with van der Waals surface area (Å²) in [5, 5.41) is 6.37. The van der Waals surface area contributed by atoms with E-state index < -0.39 is 5.60 Å². The lowest BCUT2D eigenvalue weighted by Gasteiger charge is -2.40. The van der Waals surface area contributed by atoms with Crippen LogP contribution < -0.4 is 10.6 Å².